The van der Waals surface area contributed by atoms with Gasteiger partial charge in [-0.3, -0.25) is 10.1 Å². The number of hydrogen-bond acceptors (Lipinski definition) is 7. The van der Waals surface area contributed by atoms with E-state index in [1.165, 1.54) is 0 Å². The number of rotatable bonds is 8. The van der Waals surface area contributed by atoms with Gasteiger partial charge in [0.1, 0.15) is 11.2 Å². The zero-order valence-corrected chi connectivity index (χ0v) is 20.8. The van der Waals surface area contributed by atoms with Crippen molar-refractivity contribution in [2.24, 2.45) is 0 Å². The third kappa shape index (κ3) is 4.14. The van der Waals surface area contributed by atoms with Crippen LogP contribution in [0.1, 0.15) is 12.0 Å². The third-order valence-corrected chi connectivity index (χ3v) is 6.94. The van der Waals surface area contributed by atoms with Crippen molar-refractivity contribution in [3.05, 3.63) is 76.3 Å². The summed E-state index contributed by atoms with van der Waals surface area (Å²) in [6.07, 6.45) is 9.78. The number of likely N-dealkylation sites (N-methyl/N-ethyl adjacent to an activating group) is 1. The molecule has 0 saturated heterocycles. The number of hydrogen-bond donors (Lipinski definition) is 4. The van der Waals surface area contributed by atoms with Crippen LogP contribution in [0.4, 0.5) is 5.95 Å². The highest BCUT2D eigenvalue weighted by atomic mass is 16.6. The van der Waals surface area contributed by atoms with Gasteiger partial charge in [-0.1, -0.05) is 24.3 Å². The Morgan fingerprint density at radius 2 is 2.03 bits per heavy atom. The third-order valence-electron chi connectivity index (χ3n) is 6.94. The smallest absolute Gasteiger partial charge is 0.254 e. The molecule has 0 radical (unpaired) electrons. The fourth-order valence-electron chi connectivity index (χ4n) is 4.87. The van der Waals surface area contributed by atoms with Gasteiger partial charge in [0.15, 0.2) is 0 Å². The normalized spacial score (nSPS) is 19.8. The summed E-state index contributed by atoms with van der Waals surface area (Å²) in [6, 6.07) is 7.18. The number of nitrogens with zero attached hydrogens (tertiary/aromatic N) is 4. The molecule has 0 aliphatic heterocycles. The molecule has 3 heterocycles. The summed E-state index contributed by atoms with van der Waals surface area (Å²) < 4.78 is 0. The van der Waals surface area contributed by atoms with Crippen molar-refractivity contribution in [3.8, 4) is 11.3 Å². The van der Waals surface area contributed by atoms with Gasteiger partial charge in [0, 0.05) is 50.9 Å². The molecule has 1 aromatic carbocycles. The minimum absolute atomic E-state index is 0.244. The number of benzene rings is 1. The summed E-state index contributed by atoms with van der Waals surface area (Å²) in [7, 11) is 5.68. The molecule has 4 N–H and O–H groups in total. The van der Waals surface area contributed by atoms with Crippen LogP contribution >= 0.6 is 0 Å². The van der Waals surface area contributed by atoms with Gasteiger partial charge >= 0.3 is 0 Å². The van der Waals surface area contributed by atoms with E-state index in [9.17, 15) is 10.1 Å². The number of aryl methyl sites for hydroxylation is 1. The second-order valence-electron chi connectivity index (χ2n) is 9.49. The maximum Gasteiger partial charge on any atom is 0.254 e. The van der Waals surface area contributed by atoms with Crippen molar-refractivity contribution >= 4 is 27.9 Å². The van der Waals surface area contributed by atoms with Crippen LogP contribution in [0.5, 0.6) is 0 Å². The molecule has 10 heteroatoms. The maximum atomic E-state index is 12.1. The van der Waals surface area contributed by atoms with Crippen LogP contribution in [0.25, 0.3) is 33.2 Å². The average molecular weight is 487 g/mol. The van der Waals surface area contributed by atoms with Gasteiger partial charge in [0.25, 0.3) is 6.04 Å². The summed E-state index contributed by atoms with van der Waals surface area (Å²) in [6.45, 7) is 2.78. The van der Waals surface area contributed by atoms with E-state index >= 15 is 0 Å². The largest absolute Gasteiger partial charge is 0.360 e. The number of para-hydroxylation sites is 1. The van der Waals surface area contributed by atoms with Crippen LogP contribution in [0, 0.1) is 17.0 Å². The fraction of sp³-hybridized carbons (Fsp3) is 0.308. The number of anilines is 1. The van der Waals surface area contributed by atoms with E-state index in [-0.39, 0.29) is 4.92 Å². The number of nitro groups is 1. The van der Waals surface area contributed by atoms with Crippen molar-refractivity contribution < 1.29 is 4.92 Å². The molecule has 36 heavy (non-hydrogen) atoms. The van der Waals surface area contributed by atoms with E-state index < -0.39 is 11.6 Å². The highest BCUT2D eigenvalue weighted by molar-refractivity contribution is 6.03. The van der Waals surface area contributed by atoms with Crippen LogP contribution in [0.2, 0.25) is 0 Å². The number of H-pyrrole nitrogens is 2. The first-order valence-electron chi connectivity index (χ1n) is 11.9. The Hall–Kier alpha value is -4.02. The minimum Gasteiger partial charge on any atom is -0.360 e. The van der Waals surface area contributed by atoms with Crippen molar-refractivity contribution in [2.45, 2.75) is 24.9 Å². The highest BCUT2D eigenvalue weighted by Crippen LogP contribution is 2.34. The van der Waals surface area contributed by atoms with Gasteiger partial charge in [0.05, 0.1) is 5.69 Å². The van der Waals surface area contributed by atoms with Gasteiger partial charge < -0.3 is 25.5 Å². The summed E-state index contributed by atoms with van der Waals surface area (Å²) >= 11 is 0. The summed E-state index contributed by atoms with van der Waals surface area (Å²) in [5.74, 6) is 0.366. The Balaban J connectivity index is 1.52. The minimum atomic E-state index is -0.944. The van der Waals surface area contributed by atoms with Crippen molar-refractivity contribution in [1.29, 1.82) is 0 Å². The van der Waals surface area contributed by atoms with E-state index in [0.29, 0.717) is 30.3 Å². The average Bonchev–Trinajstić information content (AvgIpc) is 3.51. The van der Waals surface area contributed by atoms with Crippen LogP contribution < -0.4 is 10.6 Å². The molecule has 5 rings (SSSR count). The molecule has 0 bridgehead atoms. The highest BCUT2D eigenvalue weighted by Gasteiger charge is 2.44. The Morgan fingerprint density at radius 1 is 1.19 bits per heavy atom. The first-order chi connectivity index (χ1) is 17.3. The standard InChI is InChI=1S/C26H30N8O2/c1-16-6-5-7-18-20(15-29-22(16)18)23-19-9-12-28-24(19)32-25(31-23)30-17-8-10-26(27-2,11-13-33(3)4)21(14-17)34(35)36/h5-10,12,14-15,21,27,29H,11,13H2,1-4H3,(H2,28,30,31,32). The number of nitrogens with one attached hydrogen (secondary N) is 4. The lowest BCUT2D eigenvalue weighted by molar-refractivity contribution is -0.519. The predicted molar refractivity (Wildman–Crippen MR) is 143 cm³/mol. The molecule has 2 unspecified atom stereocenters. The molecule has 0 fully saturated rings. The topological polar surface area (TPSA) is 128 Å². The predicted octanol–water partition coefficient (Wildman–Crippen LogP) is 3.84. The van der Waals surface area contributed by atoms with E-state index in [4.69, 9.17) is 4.98 Å². The van der Waals surface area contributed by atoms with Crippen LogP contribution in [0.15, 0.2) is 60.6 Å². The molecule has 4 aromatic rings. The number of aromatic nitrogens is 4. The molecular formula is C26H30N8O2. The van der Waals surface area contributed by atoms with E-state index in [2.05, 4.69) is 44.6 Å². The maximum absolute atomic E-state index is 12.1. The Labute approximate surface area is 208 Å². The molecule has 1 aliphatic carbocycles. The molecule has 2 atom stereocenters. The second-order valence-corrected chi connectivity index (χ2v) is 9.49. The lowest BCUT2D eigenvalue weighted by Gasteiger charge is -2.35. The Bertz CT molecular complexity index is 1500. The molecule has 0 spiro atoms. The lowest BCUT2D eigenvalue weighted by Crippen LogP contribution is -2.56. The molecule has 0 saturated carbocycles. The lowest BCUT2D eigenvalue weighted by atomic mass is 9.82. The van der Waals surface area contributed by atoms with Crippen molar-refractivity contribution in [3.63, 3.8) is 0 Å². The number of allylic oxidation sites excluding steroid dienone is 1. The molecule has 3 aromatic heterocycles. The Kier molecular flexibility index (Phi) is 6.07. The van der Waals surface area contributed by atoms with E-state index in [1.807, 2.05) is 55.7 Å². The van der Waals surface area contributed by atoms with Gasteiger partial charge in [-0.25, -0.2) is 4.98 Å². The second kappa shape index (κ2) is 9.21. The van der Waals surface area contributed by atoms with Gasteiger partial charge in [-0.2, -0.15) is 4.98 Å². The SMILES string of the molecule is CNC1(CCN(C)C)C=CC(Nc2nc(-c3c[nH]c4c(C)cccc34)c3cc[nH]c3n2)=CC1[N+](=O)[O-]. The number of aromatic amines is 2. The first kappa shape index (κ1) is 23.7. The fourth-order valence-corrected chi connectivity index (χ4v) is 4.87. The van der Waals surface area contributed by atoms with E-state index in [1.54, 1.807) is 13.1 Å². The van der Waals surface area contributed by atoms with Crippen molar-refractivity contribution in [1.82, 2.24) is 30.2 Å². The molecular weight excluding hydrogens is 456 g/mol. The summed E-state index contributed by atoms with van der Waals surface area (Å²) in [5, 5.41) is 20.5. The molecule has 0 amide bonds. The van der Waals surface area contributed by atoms with E-state index in [0.717, 1.165) is 33.1 Å². The monoisotopic (exact) mass is 486 g/mol. The number of fused-ring (bicyclic) bond motifs is 2. The molecule has 10 nitrogen and oxygen atoms in total. The summed E-state index contributed by atoms with van der Waals surface area (Å²) in [4.78, 5) is 29.9. The molecule has 1 aliphatic rings. The van der Waals surface area contributed by atoms with Gasteiger partial charge in [0.2, 0.25) is 5.95 Å². The van der Waals surface area contributed by atoms with Crippen LogP contribution in [0.3, 0.4) is 0 Å². The Morgan fingerprint density at radius 3 is 2.78 bits per heavy atom. The van der Waals surface area contributed by atoms with Gasteiger partial charge in [-0.05, 0) is 58.7 Å². The van der Waals surface area contributed by atoms with Crippen LogP contribution in [-0.4, -0.2) is 69.0 Å². The van der Waals surface area contributed by atoms with Crippen LogP contribution in [-0.2, 0) is 0 Å². The van der Waals surface area contributed by atoms with Crippen molar-refractivity contribution in [2.75, 3.05) is 33.0 Å². The van der Waals surface area contributed by atoms with Gasteiger partial charge in [-0.15, -0.1) is 0 Å². The molecule has 186 valence electrons. The summed E-state index contributed by atoms with van der Waals surface area (Å²) in [5.41, 5.74) is 4.46. The zero-order chi connectivity index (χ0) is 25.4. The first-order valence-corrected chi connectivity index (χ1v) is 11.9. The quantitative estimate of drug-likeness (QED) is 0.220. The zero-order valence-electron chi connectivity index (χ0n) is 20.8.